The zero-order valence-electron chi connectivity index (χ0n) is 16.2. The van der Waals surface area contributed by atoms with Gasteiger partial charge in [-0.1, -0.05) is 24.3 Å². The minimum absolute atomic E-state index is 0.0662. The molecule has 0 spiro atoms. The quantitative estimate of drug-likeness (QED) is 0.600. The van der Waals surface area contributed by atoms with E-state index in [2.05, 4.69) is 10.9 Å². The third kappa shape index (κ3) is 5.87. The van der Waals surface area contributed by atoms with Crippen molar-refractivity contribution in [1.29, 1.82) is 0 Å². The predicted octanol–water partition coefficient (Wildman–Crippen LogP) is 3.32. The van der Waals surface area contributed by atoms with Crippen LogP contribution in [0.5, 0.6) is 11.5 Å². The minimum atomic E-state index is -0.582. The van der Waals surface area contributed by atoms with Crippen molar-refractivity contribution in [3.05, 3.63) is 83.3 Å². The number of hydrogen-bond acceptors (Lipinski definition) is 5. The highest BCUT2D eigenvalue weighted by Gasteiger charge is 2.17. The lowest BCUT2D eigenvalue weighted by Gasteiger charge is -2.10. The monoisotopic (exact) mass is 394 g/mol. The van der Waals surface area contributed by atoms with Crippen LogP contribution in [0.25, 0.3) is 0 Å². The molecule has 2 amide bonds. The first-order chi connectivity index (χ1) is 14.0. The normalized spacial score (nSPS) is 10.3. The molecule has 0 aliphatic carbocycles. The van der Waals surface area contributed by atoms with E-state index < -0.39 is 11.8 Å². The Labute approximate surface area is 168 Å². The van der Waals surface area contributed by atoms with Crippen molar-refractivity contribution in [2.45, 2.75) is 20.5 Å². The molecular weight excluding hydrogens is 372 g/mol. The fraction of sp³-hybridized carbons (Fsp3) is 0.182. The van der Waals surface area contributed by atoms with Gasteiger partial charge in [-0.3, -0.25) is 20.4 Å². The van der Waals surface area contributed by atoms with Crippen molar-refractivity contribution in [3.8, 4) is 11.5 Å². The first-order valence-corrected chi connectivity index (χ1v) is 9.06. The summed E-state index contributed by atoms with van der Waals surface area (Å²) in [5.74, 6) is 0.260. The van der Waals surface area contributed by atoms with Gasteiger partial charge >= 0.3 is 5.91 Å². The maximum absolute atomic E-state index is 12.3. The van der Waals surface area contributed by atoms with Gasteiger partial charge in [0.05, 0.1) is 6.26 Å². The van der Waals surface area contributed by atoms with Crippen molar-refractivity contribution in [2.24, 2.45) is 0 Å². The van der Waals surface area contributed by atoms with E-state index in [4.69, 9.17) is 13.9 Å². The van der Waals surface area contributed by atoms with Gasteiger partial charge in [0.2, 0.25) is 0 Å². The second-order valence-electron chi connectivity index (χ2n) is 6.49. The topological polar surface area (TPSA) is 89.8 Å². The number of hydrogen-bond donors (Lipinski definition) is 2. The molecule has 0 unspecified atom stereocenters. The van der Waals surface area contributed by atoms with Crippen molar-refractivity contribution in [3.63, 3.8) is 0 Å². The van der Waals surface area contributed by atoms with E-state index in [1.165, 1.54) is 6.26 Å². The lowest BCUT2D eigenvalue weighted by atomic mass is 10.1. The summed E-state index contributed by atoms with van der Waals surface area (Å²) >= 11 is 0. The molecule has 0 atom stereocenters. The van der Waals surface area contributed by atoms with Crippen molar-refractivity contribution in [1.82, 2.24) is 10.9 Å². The third-order valence-corrected chi connectivity index (χ3v) is 3.97. The van der Waals surface area contributed by atoms with E-state index in [1.54, 1.807) is 6.07 Å². The molecule has 0 aliphatic rings. The van der Waals surface area contributed by atoms with E-state index in [1.807, 2.05) is 62.4 Å². The Kier molecular flexibility index (Phi) is 6.52. The van der Waals surface area contributed by atoms with E-state index in [0.717, 1.165) is 11.1 Å². The van der Waals surface area contributed by atoms with Gasteiger partial charge in [0, 0.05) is 5.56 Å². The lowest BCUT2D eigenvalue weighted by molar-refractivity contribution is -0.123. The Balaban J connectivity index is 1.48. The number of benzene rings is 2. The Morgan fingerprint density at radius 3 is 2.34 bits per heavy atom. The molecule has 7 heteroatoms. The van der Waals surface area contributed by atoms with E-state index >= 15 is 0 Å². The fourth-order valence-corrected chi connectivity index (χ4v) is 2.71. The number of furan rings is 1. The minimum Gasteiger partial charge on any atom is -0.489 e. The average Bonchev–Trinajstić information content (AvgIpc) is 3.18. The average molecular weight is 394 g/mol. The lowest BCUT2D eigenvalue weighted by Crippen LogP contribution is -2.44. The third-order valence-electron chi connectivity index (χ3n) is 3.97. The number of carbonyl (C=O) groups excluding carboxylic acids is 2. The van der Waals surface area contributed by atoms with Crippen LogP contribution in [0.4, 0.5) is 0 Å². The standard InChI is InChI=1S/C22H22N2O5/c1-15-10-16(2)12-19(11-15)29-14-20(25)23-24-22(26)21-17(8-9-27-21)13-28-18-6-4-3-5-7-18/h3-12H,13-14H2,1-2H3,(H,23,25)(H,24,26). The van der Waals surface area contributed by atoms with Crippen LogP contribution in [-0.2, 0) is 11.4 Å². The molecule has 0 radical (unpaired) electrons. The van der Waals surface area contributed by atoms with Crippen LogP contribution in [-0.4, -0.2) is 18.4 Å². The molecule has 150 valence electrons. The van der Waals surface area contributed by atoms with E-state index in [0.29, 0.717) is 17.1 Å². The first kappa shape index (κ1) is 20.0. The highest BCUT2D eigenvalue weighted by molar-refractivity contribution is 5.94. The molecule has 1 heterocycles. The highest BCUT2D eigenvalue weighted by atomic mass is 16.5. The van der Waals surface area contributed by atoms with Crippen LogP contribution < -0.4 is 20.3 Å². The first-order valence-electron chi connectivity index (χ1n) is 9.06. The van der Waals surface area contributed by atoms with E-state index in [9.17, 15) is 9.59 Å². The molecule has 3 rings (SSSR count). The van der Waals surface area contributed by atoms with Crippen LogP contribution in [0.3, 0.4) is 0 Å². The van der Waals surface area contributed by atoms with Crippen molar-refractivity contribution >= 4 is 11.8 Å². The molecule has 3 aromatic rings. The largest absolute Gasteiger partial charge is 0.489 e. The zero-order chi connectivity index (χ0) is 20.6. The van der Waals surface area contributed by atoms with Gasteiger partial charge in [-0.15, -0.1) is 0 Å². The van der Waals surface area contributed by atoms with Crippen LogP contribution in [0.15, 0.2) is 65.3 Å². The highest BCUT2D eigenvalue weighted by Crippen LogP contribution is 2.17. The number of rotatable bonds is 7. The van der Waals surface area contributed by atoms with E-state index in [-0.39, 0.29) is 19.0 Å². The Bertz CT molecular complexity index is 962. The number of para-hydroxylation sites is 1. The van der Waals surface area contributed by atoms with Gasteiger partial charge < -0.3 is 13.9 Å². The second kappa shape index (κ2) is 9.45. The SMILES string of the molecule is Cc1cc(C)cc(OCC(=O)NNC(=O)c2occc2COc2ccccc2)c1. The van der Waals surface area contributed by atoms with Gasteiger partial charge in [0.25, 0.3) is 5.91 Å². The van der Waals surface area contributed by atoms with Gasteiger partial charge in [0.1, 0.15) is 18.1 Å². The molecule has 2 N–H and O–H groups in total. The summed E-state index contributed by atoms with van der Waals surface area (Å²) in [6, 6.07) is 16.5. The van der Waals surface area contributed by atoms with Crippen LogP contribution >= 0.6 is 0 Å². The molecule has 0 saturated carbocycles. The number of aryl methyl sites for hydroxylation is 2. The summed E-state index contributed by atoms with van der Waals surface area (Å²) < 4.78 is 16.3. The maximum Gasteiger partial charge on any atom is 0.305 e. The molecule has 0 bridgehead atoms. The molecule has 0 saturated heterocycles. The van der Waals surface area contributed by atoms with Gasteiger partial charge in [-0.2, -0.15) is 0 Å². The molecule has 1 aromatic heterocycles. The number of nitrogens with one attached hydrogen (secondary N) is 2. The Morgan fingerprint density at radius 2 is 1.62 bits per heavy atom. The molecule has 2 aromatic carbocycles. The molecular formula is C22H22N2O5. The molecule has 29 heavy (non-hydrogen) atoms. The second-order valence-corrected chi connectivity index (χ2v) is 6.49. The number of amides is 2. The fourth-order valence-electron chi connectivity index (χ4n) is 2.71. The van der Waals surface area contributed by atoms with Gasteiger partial charge in [-0.05, 0) is 55.3 Å². The summed E-state index contributed by atoms with van der Waals surface area (Å²) in [4.78, 5) is 24.2. The molecule has 7 nitrogen and oxygen atoms in total. The number of carbonyl (C=O) groups is 2. The molecule has 0 aliphatic heterocycles. The maximum atomic E-state index is 12.3. The molecule has 0 fully saturated rings. The van der Waals surface area contributed by atoms with Gasteiger partial charge in [-0.25, -0.2) is 0 Å². The summed E-state index contributed by atoms with van der Waals surface area (Å²) in [5, 5.41) is 0. The number of hydrazine groups is 1. The van der Waals surface area contributed by atoms with Crippen LogP contribution in [0.1, 0.15) is 27.2 Å². The predicted molar refractivity (Wildman–Crippen MR) is 107 cm³/mol. The summed E-state index contributed by atoms with van der Waals surface area (Å²) in [5.41, 5.74) is 7.26. The summed E-state index contributed by atoms with van der Waals surface area (Å²) in [6.07, 6.45) is 1.39. The Morgan fingerprint density at radius 1 is 0.897 bits per heavy atom. The number of ether oxygens (including phenoxy) is 2. The van der Waals surface area contributed by atoms with Crippen LogP contribution in [0.2, 0.25) is 0 Å². The Hall–Kier alpha value is -3.74. The van der Waals surface area contributed by atoms with Gasteiger partial charge in [0.15, 0.2) is 12.4 Å². The zero-order valence-corrected chi connectivity index (χ0v) is 16.2. The van der Waals surface area contributed by atoms with Crippen molar-refractivity contribution in [2.75, 3.05) is 6.61 Å². The van der Waals surface area contributed by atoms with Crippen molar-refractivity contribution < 1.29 is 23.5 Å². The smallest absolute Gasteiger partial charge is 0.305 e. The summed E-state index contributed by atoms with van der Waals surface area (Å²) in [7, 11) is 0. The summed E-state index contributed by atoms with van der Waals surface area (Å²) in [6.45, 7) is 3.82. The van der Waals surface area contributed by atoms with Crippen LogP contribution in [0, 0.1) is 13.8 Å².